The van der Waals surface area contributed by atoms with Crippen molar-refractivity contribution in [2.45, 2.75) is 27.2 Å². The van der Waals surface area contributed by atoms with E-state index < -0.39 is 0 Å². The van der Waals surface area contributed by atoms with E-state index in [0.29, 0.717) is 6.61 Å². The van der Waals surface area contributed by atoms with Crippen LogP contribution >= 0.6 is 0 Å². The molecule has 0 atom stereocenters. The van der Waals surface area contributed by atoms with Gasteiger partial charge in [-0.1, -0.05) is 17.7 Å². The van der Waals surface area contributed by atoms with Crippen molar-refractivity contribution in [2.24, 2.45) is 4.99 Å². The number of guanidine groups is 1. The monoisotopic (exact) mass is 346 g/mol. The Kier molecular flexibility index (Phi) is 7.57. The van der Waals surface area contributed by atoms with Gasteiger partial charge in [0.15, 0.2) is 5.96 Å². The van der Waals surface area contributed by atoms with Crippen molar-refractivity contribution < 1.29 is 9.53 Å². The third-order valence-electron chi connectivity index (χ3n) is 4.21. The molecule has 6 nitrogen and oxygen atoms in total. The Hall–Kier alpha value is -2.24. The summed E-state index contributed by atoms with van der Waals surface area (Å²) in [5.74, 6) is 1.98. The summed E-state index contributed by atoms with van der Waals surface area (Å²) in [6.07, 6.45) is 0.871. The number of hydrogen-bond donors (Lipinski definition) is 1. The first-order valence-corrected chi connectivity index (χ1v) is 9.08. The van der Waals surface area contributed by atoms with Crippen LogP contribution in [0.1, 0.15) is 25.8 Å². The first-order chi connectivity index (χ1) is 12.1. The Balaban J connectivity index is 1.75. The molecule has 6 heteroatoms. The predicted octanol–water partition coefficient (Wildman–Crippen LogP) is 1.89. The van der Waals surface area contributed by atoms with Crippen LogP contribution in [0, 0.1) is 6.92 Å². The fourth-order valence-electron chi connectivity index (χ4n) is 2.73. The minimum atomic E-state index is 0.148. The minimum absolute atomic E-state index is 0.148. The second kappa shape index (κ2) is 9.91. The molecule has 1 fully saturated rings. The molecule has 1 saturated heterocycles. The van der Waals surface area contributed by atoms with Gasteiger partial charge in [-0.15, -0.1) is 0 Å². The first-order valence-electron chi connectivity index (χ1n) is 9.08. The van der Waals surface area contributed by atoms with Gasteiger partial charge in [-0.25, -0.2) is 0 Å². The zero-order chi connectivity index (χ0) is 18.1. The third-order valence-corrected chi connectivity index (χ3v) is 4.21. The smallest absolute Gasteiger partial charge is 0.219 e. The number of benzene rings is 1. The number of aliphatic imine (C=N–C) groups is 1. The second-order valence-electron chi connectivity index (χ2n) is 6.24. The van der Waals surface area contributed by atoms with E-state index in [0.717, 1.165) is 57.4 Å². The van der Waals surface area contributed by atoms with E-state index >= 15 is 0 Å². The van der Waals surface area contributed by atoms with Crippen LogP contribution < -0.4 is 10.1 Å². The average Bonchev–Trinajstić information content (AvgIpc) is 2.62. The molecule has 0 unspecified atom stereocenters. The van der Waals surface area contributed by atoms with Gasteiger partial charge in [-0.3, -0.25) is 9.79 Å². The summed E-state index contributed by atoms with van der Waals surface area (Å²) in [5, 5.41) is 3.34. The number of carbonyl (C=O) groups excluding carboxylic acids is 1. The van der Waals surface area contributed by atoms with Crippen molar-refractivity contribution in [3.63, 3.8) is 0 Å². The zero-order valence-electron chi connectivity index (χ0n) is 15.6. The van der Waals surface area contributed by atoms with E-state index in [1.807, 2.05) is 17.0 Å². The van der Waals surface area contributed by atoms with Gasteiger partial charge in [0.1, 0.15) is 5.75 Å². The molecule has 1 amide bonds. The topological polar surface area (TPSA) is 57.2 Å². The molecule has 0 spiro atoms. The van der Waals surface area contributed by atoms with E-state index in [2.05, 4.69) is 36.2 Å². The molecule has 0 bridgehead atoms. The molecule has 2 rings (SSSR count). The van der Waals surface area contributed by atoms with Crippen LogP contribution in [0.4, 0.5) is 0 Å². The fraction of sp³-hybridized carbons (Fsp3) is 0.579. The largest absolute Gasteiger partial charge is 0.494 e. The lowest BCUT2D eigenvalue weighted by Gasteiger charge is -2.36. The van der Waals surface area contributed by atoms with Crippen LogP contribution in [0.2, 0.25) is 0 Å². The Morgan fingerprint density at radius 3 is 2.40 bits per heavy atom. The summed E-state index contributed by atoms with van der Waals surface area (Å²) in [4.78, 5) is 20.2. The number of nitrogens with zero attached hydrogens (tertiary/aromatic N) is 3. The molecular weight excluding hydrogens is 316 g/mol. The summed E-state index contributed by atoms with van der Waals surface area (Å²) in [6, 6.07) is 8.10. The van der Waals surface area contributed by atoms with Gasteiger partial charge in [0.2, 0.25) is 5.91 Å². The Morgan fingerprint density at radius 2 is 1.80 bits per heavy atom. The molecule has 0 aliphatic carbocycles. The number of rotatable bonds is 6. The van der Waals surface area contributed by atoms with Gasteiger partial charge in [0.05, 0.1) is 6.61 Å². The van der Waals surface area contributed by atoms with Gasteiger partial charge in [0.25, 0.3) is 0 Å². The van der Waals surface area contributed by atoms with Crippen molar-refractivity contribution in [3.8, 4) is 5.75 Å². The number of hydrogen-bond acceptors (Lipinski definition) is 3. The molecule has 0 saturated carbocycles. The van der Waals surface area contributed by atoms with Gasteiger partial charge in [0, 0.05) is 52.6 Å². The normalized spacial score (nSPS) is 15.2. The standard InChI is InChI=1S/C19H30N4O2/c1-4-20-19(23-13-11-22(12-14-23)17(3)24)21-10-5-15-25-18-8-6-16(2)7-9-18/h6-9H,4-5,10-15H2,1-3H3,(H,20,21). The highest BCUT2D eigenvalue weighted by Crippen LogP contribution is 2.11. The lowest BCUT2D eigenvalue weighted by molar-refractivity contribution is -0.130. The second-order valence-corrected chi connectivity index (χ2v) is 6.24. The molecular formula is C19H30N4O2. The number of piperazine rings is 1. The number of carbonyl (C=O) groups is 1. The maximum atomic E-state index is 11.4. The lowest BCUT2D eigenvalue weighted by Crippen LogP contribution is -2.53. The number of nitrogens with one attached hydrogen (secondary N) is 1. The highest BCUT2D eigenvalue weighted by Gasteiger charge is 2.20. The van der Waals surface area contributed by atoms with E-state index in [-0.39, 0.29) is 5.91 Å². The summed E-state index contributed by atoms with van der Waals surface area (Å²) in [5.41, 5.74) is 1.23. The third kappa shape index (κ3) is 6.29. The summed E-state index contributed by atoms with van der Waals surface area (Å²) < 4.78 is 5.74. The van der Waals surface area contributed by atoms with E-state index in [4.69, 9.17) is 9.73 Å². The molecule has 1 N–H and O–H groups in total. The van der Waals surface area contributed by atoms with Crippen LogP contribution in [0.5, 0.6) is 5.75 Å². The quantitative estimate of drug-likeness (QED) is 0.486. The summed E-state index contributed by atoms with van der Waals surface area (Å²) >= 11 is 0. The number of ether oxygens (including phenoxy) is 1. The van der Waals surface area contributed by atoms with Crippen LogP contribution in [0.15, 0.2) is 29.3 Å². The molecule has 0 radical (unpaired) electrons. The molecule has 1 aromatic rings. The number of amides is 1. The highest BCUT2D eigenvalue weighted by atomic mass is 16.5. The first kappa shape index (κ1) is 19.1. The molecule has 1 aromatic carbocycles. The Bertz CT molecular complexity index is 563. The zero-order valence-corrected chi connectivity index (χ0v) is 15.6. The van der Waals surface area contributed by atoms with Crippen molar-refractivity contribution in [1.29, 1.82) is 0 Å². The van der Waals surface area contributed by atoms with Crippen molar-refractivity contribution >= 4 is 11.9 Å². The molecule has 0 aromatic heterocycles. The van der Waals surface area contributed by atoms with E-state index in [1.54, 1.807) is 6.92 Å². The minimum Gasteiger partial charge on any atom is -0.494 e. The lowest BCUT2D eigenvalue weighted by atomic mass is 10.2. The maximum absolute atomic E-state index is 11.4. The molecule has 138 valence electrons. The van der Waals surface area contributed by atoms with Gasteiger partial charge >= 0.3 is 0 Å². The molecule has 1 heterocycles. The predicted molar refractivity (Wildman–Crippen MR) is 101 cm³/mol. The van der Waals surface area contributed by atoms with Crippen LogP contribution in [-0.4, -0.2) is 67.5 Å². The highest BCUT2D eigenvalue weighted by molar-refractivity contribution is 5.80. The average molecular weight is 346 g/mol. The van der Waals surface area contributed by atoms with Crippen molar-refractivity contribution in [3.05, 3.63) is 29.8 Å². The van der Waals surface area contributed by atoms with Gasteiger partial charge in [-0.2, -0.15) is 0 Å². The Labute approximate surface area is 150 Å². The summed E-state index contributed by atoms with van der Waals surface area (Å²) in [7, 11) is 0. The van der Waals surface area contributed by atoms with E-state index in [9.17, 15) is 4.79 Å². The Morgan fingerprint density at radius 1 is 1.16 bits per heavy atom. The van der Waals surface area contributed by atoms with E-state index in [1.165, 1.54) is 5.56 Å². The maximum Gasteiger partial charge on any atom is 0.219 e. The van der Waals surface area contributed by atoms with Crippen LogP contribution in [0.25, 0.3) is 0 Å². The van der Waals surface area contributed by atoms with Crippen LogP contribution in [0.3, 0.4) is 0 Å². The number of aryl methyl sites for hydroxylation is 1. The molecule has 1 aliphatic heterocycles. The molecule has 25 heavy (non-hydrogen) atoms. The van der Waals surface area contributed by atoms with Gasteiger partial charge in [-0.05, 0) is 26.0 Å². The van der Waals surface area contributed by atoms with Gasteiger partial charge < -0.3 is 19.9 Å². The molecule has 1 aliphatic rings. The van der Waals surface area contributed by atoms with Crippen molar-refractivity contribution in [1.82, 2.24) is 15.1 Å². The SMILES string of the molecule is CCNC(=NCCCOc1ccc(C)cc1)N1CCN(C(C)=O)CC1. The fourth-order valence-corrected chi connectivity index (χ4v) is 2.73. The van der Waals surface area contributed by atoms with Crippen LogP contribution in [-0.2, 0) is 4.79 Å². The van der Waals surface area contributed by atoms with Crippen molar-refractivity contribution in [2.75, 3.05) is 45.9 Å². The summed E-state index contributed by atoms with van der Waals surface area (Å²) in [6.45, 7) is 11.2.